The van der Waals surface area contributed by atoms with Gasteiger partial charge < -0.3 is 30.0 Å². The topological polar surface area (TPSA) is 89.1 Å². The van der Waals surface area contributed by atoms with Gasteiger partial charge in [0, 0.05) is 12.1 Å². The molecule has 0 unspecified atom stereocenters. The molecule has 2 aromatic rings. The van der Waals surface area contributed by atoms with E-state index >= 15 is 0 Å². The summed E-state index contributed by atoms with van der Waals surface area (Å²) in [4.78, 5) is 12.3. The Morgan fingerprint density at radius 2 is 1.52 bits per heavy atom. The zero-order valence-electron chi connectivity index (χ0n) is 16.1. The SMILES string of the molecule is CCOc1cc(NC(=O)Nc2cc(C)ccc2O)cc(OCC)c1OCC. The van der Waals surface area contributed by atoms with Crippen molar-refractivity contribution in [3.05, 3.63) is 35.9 Å². The molecule has 0 spiro atoms. The van der Waals surface area contributed by atoms with Crippen LogP contribution in [0.2, 0.25) is 0 Å². The molecule has 0 atom stereocenters. The maximum Gasteiger partial charge on any atom is 0.323 e. The molecule has 7 nitrogen and oxygen atoms in total. The highest BCUT2D eigenvalue weighted by Gasteiger charge is 2.16. The summed E-state index contributed by atoms with van der Waals surface area (Å²) in [6, 6.07) is 7.82. The molecule has 3 N–H and O–H groups in total. The molecule has 0 aliphatic carbocycles. The fourth-order valence-corrected chi connectivity index (χ4v) is 2.50. The van der Waals surface area contributed by atoms with Crippen LogP contribution in [0.15, 0.2) is 30.3 Å². The molecule has 0 radical (unpaired) electrons. The number of hydrogen-bond acceptors (Lipinski definition) is 5. The molecular weight excluding hydrogens is 348 g/mol. The van der Waals surface area contributed by atoms with E-state index in [1.165, 1.54) is 6.07 Å². The zero-order valence-corrected chi connectivity index (χ0v) is 16.1. The number of aryl methyl sites for hydroxylation is 1. The van der Waals surface area contributed by atoms with E-state index in [-0.39, 0.29) is 5.75 Å². The average Bonchev–Trinajstić information content (AvgIpc) is 2.61. The summed E-state index contributed by atoms with van der Waals surface area (Å²) in [5.41, 5.74) is 1.73. The first-order valence-corrected chi connectivity index (χ1v) is 8.92. The molecule has 0 aliphatic rings. The summed E-state index contributed by atoms with van der Waals surface area (Å²) in [5, 5.41) is 15.2. The Labute approximate surface area is 159 Å². The van der Waals surface area contributed by atoms with Gasteiger partial charge in [0.15, 0.2) is 11.5 Å². The van der Waals surface area contributed by atoms with Crippen molar-refractivity contribution in [2.75, 3.05) is 30.5 Å². The number of benzene rings is 2. The molecule has 2 rings (SSSR count). The lowest BCUT2D eigenvalue weighted by atomic mass is 10.2. The summed E-state index contributed by atoms with van der Waals surface area (Å²) in [7, 11) is 0. The minimum absolute atomic E-state index is 0.00699. The van der Waals surface area contributed by atoms with E-state index in [9.17, 15) is 9.90 Å². The molecule has 0 saturated carbocycles. The summed E-state index contributed by atoms with van der Waals surface area (Å²) in [5.74, 6) is 1.47. The number of ether oxygens (including phenoxy) is 3. The van der Waals surface area contributed by atoms with Crippen LogP contribution in [-0.4, -0.2) is 31.0 Å². The van der Waals surface area contributed by atoms with Crippen molar-refractivity contribution in [3.63, 3.8) is 0 Å². The first-order chi connectivity index (χ1) is 13.0. The number of anilines is 2. The van der Waals surface area contributed by atoms with Crippen LogP contribution in [0.25, 0.3) is 0 Å². The molecular formula is C20H26N2O5. The number of aromatic hydroxyl groups is 1. The smallest absolute Gasteiger partial charge is 0.323 e. The van der Waals surface area contributed by atoms with Crippen LogP contribution in [0.5, 0.6) is 23.0 Å². The minimum atomic E-state index is -0.495. The van der Waals surface area contributed by atoms with Gasteiger partial charge in [0.05, 0.1) is 31.2 Å². The number of urea groups is 1. The lowest BCUT2D eigenvalue weighted by Gasteiger charge is -2.17. The third kappa shape index (κ3) is 5.44. The number of amides is 2. The van der Waals surface area contributed by atoms with Gasteiger partial charge in [-0.1, -0.05) is 6.07 Å². The number of carbonyl (C=O) groups is 1. The Balaban J connectivity index is 2.26. The van der Waals surface area contributed by atoms with Crippen molar-refractivity contribution in [2.24, 2.45) is 0 Å². The van der Waals surface area contributed by atoms with Crippen LogP contribution < -0.4 is 24.8 Å². The Kier molecular flexibility index (Phi) is 7.16. The number of carbonyl (C=O) groups excluding carboxylic acids is 1. The number of phenolic OH excluding ortho intramolecular Hbond substituents is 1. The van der Waals surface area contributed by atoms with E-state index in [1.807, 2.05) is 27.7 Å². The fourth-order valence-electron chi connectivity index (χ4n) is 2.50. The standard InChI is InChI=1S/C20H26N2O5/c1-5-25-17-11-14(12-18(26-6-2)19(17)27-7-3)21-20(24)22-15-10-13(4)8-9-16(15)23/h8-12,23H,5-7H2,1-4H3,(H2,21,22,24). The van der Waals surface area contributed by atoms with E-state index in [1.54, 1.807) is 24.3 Å². The molecule has 0 fully saturated rings. The monoisotopic (exact) mass is 374 g/mol. The maximum atomic E-state index is 12.3. The molecule has 0 heterocycles. The quantitative estimate of drug-likeness (QED) is 0.590. The van der Waals surface area contributed by atoms with Gasteiger partial charge in [-0.25, -0.2) is 4.79 Å². The van der Waals surface area contributed by atoms with Crippen LogP contribution in [0.1, 0.15) is 26.3 Å². The molecule has 0 bridgehead atoms. The predicted octanol–water partition coefficient (Wildman–Crippen LogP) is 4.54. The highest BCUT2D eigenvalue weighted by Crippen LogP contribution is 2.40. The molecule has 2 amide bonds. The summed E-state index contributed by atoms with van der Waals surface area (Å²) in [6.45, 7) is 8.82. The van der Waals surface area contributed by atoms with Crippen LogP contribution in [0.4, 0.5) is 16.2 Å². The summed E-state index contributed by atoms with van der Waals surface area (Å²) < 4.78 is 16.9. The van der Waals surface area contributed by atoms with Gasteiger partial charge in [0.2, 0.25) is 5.75 Å². The third-order valence-corrected chi connectivity index (χ3v) is 3.57. The van der Waals surface area contributed by atoms with Gasteiger partial charge in [0.1, 0.15) is 5.75 Å². The molecule has 0 aromatic heterocycles. The summed E-state index contributed by atoms with van der Waals surface area (Å²) in [6.07, 6.45) is 0. The van der Waals surface area contributed by atoms with Gasteiger partial charge in [-0.3, -0.25) is 0 Å². The van der Waals surface area contributed by atoms with Crippen LogP contribution in [-0.2, 0) is 0 Å². The normalized spacial score (nSPS) is 10.2. The minimum Gasteiger partial charge on any atom is -0.506 e. The van der Waals surface area contributed by atoms with E-state index in [2.05, 4.69) is 10.6 Å². The second kappa shape index (κ2) is 9.56. The Bertz CT molecular complexity index is 765. The first-order valence-electron chi connectivity index (χ1n) is 8.92. The Morgan fingerprint density at radius 1 is 0.926 bits per heavy atom. The number of nitrogens with one attached hydrogen (secondary N) is 2. The summed E-state index contributed by atoms with van der Waals surface area (Å²) >= 11 is 0. The fraction of sp³-hybridized carbons (Fsp3) is 0.350. The van der Waals surface area contributed by atoms with Gasteiger partial charge in [0.25, 0.3) is 0 Å². The molecule has 27 heavy (non-hydrogen) atoms. The van der Waals surface area contributed by atoms with E-state index < -0.39 is 6.03 Å². The Hall–Kier alpha value is -3.09. The molecule has 2 aromatic carbocycles. The molecule has 0 saturated heterocycles. The Morgan fingerprint density at radius 3 is 2.07 bits per heavy atom. The van der Waals surface area contributed by atoms with E-state index in [0.717, 1.165) is 5.56 Å². The second-order valence-corrected chi connectivity index (χ2v) is 5.70. The van der Waals surface area contributed by atoms with Gasteiger partial charge >= 0.3 is 6.03 Å². The highest BCUT2D eigenvalue weighted by molar-refractivity contribution is 6.01. The van der Waals surface area contributed by atoms with Crippen molar-refractivity contribution in [1.82, 2.24) is 0 Å². The van der Waals surface area contributed by atoms with Crippen molar-refractivity contribution in [2.45, 2.75) is 27.7 Å². The third-order valence-electron chi connectivity index (χ3n) is 3.57. The van der Waals surface area contributed by atoms with E-state index in [0.29, 0.717) is 48.4 Å². The number of rotatable bonds is 8. The predicted molar refractivity (Wildman–Crippen MR) is 105 cm³/mol. The van der Waals surface area contributed by atoms with Crippen molar-refractivity contribution < 1.29 is 24.1 Å². The van der Waals surface area contributed by atoms with Crippen LogP contribution in [0, 0.1) is 6.92 Å². The van der Waals surface area contributed by atoms with Crippen LogP contribution in [0.3, 0.4) is 0 Å². The van der Waals surface area contributed by atoms with Crippen molar-refractivity contribution in [1.29, 1.82) is 0 Å². The lowest BCUT2D eigenvalue weighted by molar-refractivity contribution is 0.260. The average molecular weight is 374 g/mol. The largest absolute Gasteiger partial charge is 0.506 e. The first kappa shape index (κ1) is 20.2. The van der Waals surface area contributed by atoms with Crippen molar-refractivity contribution >= 4 is 17.4 Å². The van der Waals surface area contributed by atoms with Gasteiger partial charge in [-0.2, -0.15) is 0 Å². The zero-order chi connectivity index (χ0) is 19.8. The molecule has 146 valence electrons. The van der Waals surface area contributed by atoms with Crippen molar-refractivity contribution in [3.8, 4) is 23.0 Å². The van der Waals surface area contributed by atoms with Crippen LogP contribution >= 0.6 is 0 Å². The number of hydrogen-bond donors (Lipinski definition) is 3. The molecule has 0 aliphatic heterocycles. The highest BCUT2D eigenvalue weighted by atomic mass is 16.5. The number of phenols is 1. The maximum absolute atomic E-state index is 12.3. The molecule has 7 heteroatoms. The van der Waals surface area contributed by atoms with E-state index in [4.69, 9.17) is 14.2 Å². The van der Waals surface area contributed by atoms with Gasteiger partial charge in [-0.15, -0.1) is 0 Å². The second-order valence-electron chi connectivity index (χ2n) is 5.70. The van der Waals surface area contributed by atoms with Gasteiger partial charge in [-0.05, 0) is 45.4 Å². The lowest BCUT2D eigenvalue weighted by Crippen LogP contribution is -2.19.